The van der Waals surface area contributed by atoms with E-state index in [0.717, 1.165) is 12.8 Å². The van der Waals surface area contributed by atoms with E-state index in [2.05, 4.69) is 59.3 Å². The Morgan fingerprint density at radius 1 is 1.05 bits per heavy atom. The van der Waals surface area contributed by atoms with E-state index in [-0.39, 0.29) is 27.7 Å². The van der Waals surface area contributed by atoms with E-state index in [1.165, 1.54) is 0 Å². The van der Waals surface area contributed by atoms with Crippen molar-refractivity contribution in [1.82, 2.24) is 15.0 Å². The number of hydrogen-bond acceptors (Lipinski definition) is 5. The fraction of sp³-hybridized carbons (Fsp3) is 0.692. The number of piperidine rings is 1. The maximum atomic E-state index is 5.91. The summed E-state index contributed by atoms with van der Waals surface area (Å²) < 4.78 is 0. The Labute approximate surface area is 129 Å². The molecule has 110 valence electrons. The first-order chi connectivity index (χ1) is 9.15. The summed E-state index contributed by atoms with van der Waals surface area (Å²) in [5.41, 5.74) is -0.358. The van der Waals surface area contributed by atoms with Crippen molar-refractivity contribution in [3.05, 3.63) is 10.6 Å². The molecule has 0 radical (unpaired) electrons. The summed E-state index contributed by atoms with van der Waals surface area (Å²) >= 11 is 11.8. The van der Waals surface area contributed by atoms with Gasteiger partial charge < -0.3 is 4.90 Å². The molecule has 0 bridgehead atoms. The van der Waals surface area contributed by atoms with Gasteiger partial charge in [0, 0.05) is 11.1 Å². The average molecular weight is 316 g/mol. The maximum absolute atomic E-state index is 5.91. The summed E-state index contributed by atoms with van der Waals surface area (Å²) in [6.07, 6.45) is 1.75. The van der Waals surface area contributed by atoms with Gasteiger partial charge in [0.05, 0.1) is 6.04 Å². The molecule has 1 aliphatic rings. The Balaban J connectivity index is 2.49. The Kier molecular flexibility index (Phi) is 3.95. The van der Waals surface area contributed by atoms with Crippen LogP contribution in [0.25, 0.3) is 0 Å². The highest BCUT2D eigenvalue weighted by Crippen LogP contribution is 2.41. The van der Waals surface area contributed by atoms with E-state index in [1.807, 2.05) is 0 Å². The van der Waals surface area contributed by atoms with Crippen molar-refractivity contribution in [2.45, 2.75) is 57.7 Å². The second kappa shape index (κ2) is 5.11. The van der Waals surface area contributed by atoms with Crippen molar-refractivity contribution < 1.29 is 0 Å². The highest BCUT2D eigenvalue weighted by atomic mass is 35.5. The van der Waals surface area contributed by atoms with Crippen molar-refractivity contribution in [2.75, 3.05) is 4.90 Å². The molecule has 1 saturated heterocycles. The third-order valence-corrected chi connectivity index (χ3v) is 4.05. The molecular weight excluding hydrogens is 297 g/mol. The minimum absolute atomic E-state index is 0.107. The lowest BCUT2D eigenvalue weighted by Crippen LogP contribution is -2.62. The fourth-order valence-electron chi connectivity index (χ4n) is 3.31. The molecule has 1 aromatic rings. The van der Waals surface area contributed by atoms with E-state index in [9.17, 15) is 0 Å². The Morgan fingerprint density at radius 2 is 1.50 bits per heavy atom. The number of halogens is 2. The summed E-state index contributed by atoms with van der Waals surface area (Å²) in [5.74, 6) is 0.507. The molecule has 0 saturated carbocycles. The van der Waals surface area contributed by atoms with Gasteiger partial charge in [0.15, 0.2) is 0 Å². The molecule has 0 unspecified atom stereocenters. The zero-order valence-electron chi connectivity index (χ0n) is 12.2. The van der Waals surface area contributed by atoms with Crippen LogP contribution in [0, 0.1) is 0 Å². The SMILES string of the molecule is C=NC1CC(C)(C)N(c2nc(Cl)nc(Cl)n2)C(C)(C)C1. The van der Waals surface area contributed by atoms with E-state index in [1.54, 1.807) is 0 Å². The first kappa shape index (κ1) is 15.4. The molecule has 1 aliphatic heterocycles. The third kappa shape index (κ3) is 2.88. The van der Waals surface area contributed by atoms with Crippen molar-refractivity contribution in [3.8, 4) is 0 Å². The van der Waals surface area contributed by atoms with Gasteiger partial charge in [-0.3, -0.25) is 4.99 Å². The van der Waals surface area contributed by atoms with Crippen molar-refractivity contribution in [2.24, 2.45) is 4.99 Å². The smallest absolute Gasteiger partial charge is 0.231 e. The van der Waals surface area contributed by atoms with Crippen molar-refractivity contribution in [1.29, 1.82) is 0 Å². The second-order valence-electron chi connectivity index (χ2n) is 6.38. The Morgan fingerprint density at radius 3 is 1.90 bits per heavy atom. The standard InChI is InChI=1S/C13H19Cl2N5/c1-12(2)6-8(16-5)7-13(3,4)20(12)11-18-9(14)17-10(15)19-11/h8H,5-7H2,1-4H3. The van der Waals surface area contributed by atoms with Crippen LogP contribution in [0.5, 0.6) is 0 Å². The molecule has 20 heavy (non-hydrogen) atoms. The van der Waals surface area contributed by atoms with Gasteiger partial charge in [-0.05, 0) is 70.5 Å². The quantitative estimate of drug-likeness (QED) is 0.785. The predicted molar refractivity (Wildman–Crippen MR) is 83.1 cm³/mol. The lowest BCUT2D eigenvalue weighted by atomic mass is 9.77. The monoisotopic (exact) mass is 315 g/mol. The zero-order valence-corrected chi connectivity index (χ0v) is 13.7. The van der Waals surface area contributed by atoms with E-state index in [4.69, 9.17) is 23.2 Å². The maximum Gasteiger partial charge on any atom is 0.231 e. The minimum Gasteiger partial charge on any atom is -0.330 e. The zero-order chi connectivity index (χ0) is 15.1. The number of rotatable bonds is 2. The molecule has 0 amide bonds. The molecule has 0 aliphatic carbocycles. The molecule has 1 fully saturated rings. The minimum atomic E-state index is -0.179. The molecule has 0 spiro atoms. The van der Waals surface area contributed by atoms with E-state index in [0.29, 0.717) is 5.95 Å². The molecule has 0 atom stereocenters. The van der Waals surface area contributed by atoms with Crippen LogP contribution in [0.1, 0.15) is 40.5 Å². The van der Waals surface area contributed by atoms with Crippen LogP contribution in [0.3, 0.4) is 0 Å². The van der Waals surface area contributed by atoms with Crippen molar-refractivity contribution >= 4 is 35.9 Å². The van der Waals surface area contributed by atoms with E-state index >= 15 is 0 Å². The van der Waals surface area contributed by atoms with Crippen LogP contribution in [0.4, 0.5) is 5.95 Å². The number of anilines is 1. The number of aromatic nitrogens is 3. The summed E-state index contributed by atoms with van der Waals surface area (Å²) in [6.45, 7) is 12.2. The van der Waals surface area contributed by atoms with Crippen LogP contribution in [0.2, 0.25) is 10.6 Å². The normalized spacial score (nSPS) is 21.8. The van der Waals surface area contributed by atoms with Crippen LogP contribution in [-0.4, -0.2) is 38.8 Å². The van der Waals surface area contributed by atoms with Gasteiger partial charge in [-0.1, -0.05) is 0 Å². The summed E-state index contributed by atoms with van der Waals surface area (Å²) in [4.78, 5) is 18.7. The summed E-state index contributed by atoms with van der Waals surface area (Å²) in [6, 6.07) is 0.226. The van der Waals surface area contributed by atoms with Gasteiger partial charge >= 0.3 is 0 Å². The van der Waals surface area contributed by atoms with Crippen LogP contribution in [0.15, 0.2) is 4.99 Å². The Bertz CT molecular complexity index is 491. The van der Waals surface area contributed by atoms with Gasteiger partial charge in [0.25, 0.3) is 0 Å². The van der Waals surface area contributed by atoms with Gasteiger partial charge in [0.1, 0.15) is 0 Å². The van der Waals surface area contributed by atoms with Crippen LogP contribution < -0.4 is 4.90 Å². The molecule has 1 aromatic heterocycles. The van der Waals surface area contributed by atoms with Gasteiger partial charge in [-0.25, -0.2) is 0 Å². The highest BCUT2D eigenvalue weighted by molar-refractivity contribution is 6.31. The topological polar surface area (TPSA) is 54.3 Å². The largest absolute Gasteiger partial charge is 0.330 e. The third-order valence-electron chi connectivity index (χ3n) is 3.71. The fourth-order valence-corrected chi connectivity index (χ4v) is 3.67. The Hall–Kier alpha value is -0.940. The number of hydrogen-bond donors (Lipinski definition) is 0. The number of nitrogens with zero attached hydrogens (tertiary/aromatic N) is 5. The van der Waals surface area contributed by atoms with Gasteiger partial charge in [-0.15, -0.1) is 0 Å². The van der Waals surface area contributed by atoms with Gasteiger partial charge in [-0.2, -0.15) is 15.0 Å². The molecule has 7 heteroatoms. The van der Waals surface area contributed by atoms with Crippen LogP contribution in [-0.2, 0) is 0 Å². The summed E-state index contributed by atoms with van der Waals surface area (Å²) in [7, 11) is 0. The molecule has 2 rings (SSSR count). The molecule has 2 heterocycles. The first-order valence-electron chi connectivity index (χ1n) is 6.49. The first-order valence-corrected chi connectivity index (χ1v) is 7.24. The molecule has 0 aromatic carbocycles. The predicted octanol–water partition coefficient (Wildman–Crippen LogP) is 3.41. The van der Waals surface area contributed by atoms with Gasteiger partial charge in [0.2, 0.25) is 16.5 Å². The lowest BCUT2D eigenvalue weighted by molar-refractivity contribution is 0.217. The van der Waals surface area contributed by atoms with Crippen LogP contribution >= 0.6 is 23.2 Å². The summed E-state index contributed by atoms with van der Waals surface area (Å²) in [5, 5.41) is 0.214. The number of aliphatic imine (C=N–C) groups is 1. The lowest BCUT2D eigenvalue weighted by Gasteiger charge is -2.54. The van der Waals surface area contributed by atoms with E-state index < -0.39 is 0 Å². The highest BCUT2D eigenvalue weighted by Gasteiger charge is 2.46. The molecule has 0 N–H and O–H groups in total. The average Bonchev–Trinajstić information content (AvgIpc) is 2.23. The second-order valence-corrected chi connectivity index (χ2v) is 7.05. The van der Waals surface area contributed by atoms with Crippen molar-refractivity contribution in [3.63, 3.8) is 0 Å². The molecule has 5 nitrogen and oxygen atoms in total. The molecular formula is C13H19Cl2N5.